The monoisotopic (exact) mass is 346 g/mol. The van der Waals surface area contributed by atoms with Crippen LogP contribution in [0.3, 0.4) is 0 Å². The van der Waals surface area contributed by atoms with Crippen LogP contribution >= 0.6 is 0 Å². The molecule has 0 unspecified atom stereocenters. The highest BCUT2D eigenvalue weighted by Gasteiger charge is 2.17. The van der Waals surface area contributed by atoms with Gasteiger partial charge in [0.2, 0.25) is 0 Å². The average Bonchev–Trinajstić information content (AvgIpc) is 2.65. The number of piperidine rings is 1. The first kappa shape index (κ1) is 19.6. The van der Waals surface area contributed by atoms with Crippen molar-refractivity contribution in [2.24, 2.45) is 10.9 Å². The van der Waals surface area contributed by atoms with Gasteiger partial charge >= 0.3 is 0 Å². The first-order valence-electron chi connectivity index (χ1n) is 9.57. The molecule has 0 aromatic heterocycles. The minimum atomic E-state index is 0.624. The Hall–Kier alpha value is -1.75. The molecule has 2 rings (SSSR count). The molecule has 0 radical (unpaired) electrons. The fourth-order valence-corrected chi connectivity index (χ4v) is 3.18. The third kappa shape index (κ3) is 7.34. The molecule has 1 saturated heterocycles. The van der Waals surface area contributed by atoms with Crippen molar-refractivity contribution >= 4 is 5.96 Å². The van der Waals surface area contributed by atoms with Gasteiger partial charge < -0.3 is 20.3 Å². The molecule has 0 bridgehead atoms. The van der Waals surface area contributed by atoms with Crippen LogP contribution in [-0.4, -0.2) is 57.2 Å². The van der Waals surface area contributed by atoms with E-state index < -0.39 is 0 Å². The molecule has 1 aromatic carbocycles. The summed E-state index contributed by atoms with van der Waals surface area (Å²) in [5.41, 5.74) is 1.25. The van der Waals surface area contributed by atoms with Gasteiger partial charge in [-0.15, -0.1) is 0 Å². The zero-order valence-corrected chi connectivity index (χ0v) is 16.1. The lowest BCUT2D eigenvalue weighted by molar-refractivity contribution is 0.187. The Morgan fingerprint density at radius 2 is 1.84 bits per heavy atom. The van der Waals surface area contributed by atoms with Crippen LogP contribution < -0.4 is 15.4 Å². The summed E-state index contributed by atoms with van der Waals surface area (Å²) >= 11 is 0. The van der Waals surface area contributed by atoms with Crippen molar-refractivity contribution in [3.05, 3.63) is 29.8 Å². The summed E-state index contributed by atoms with van der Waals surface area (Å²) in [6.45, 7) is 10.4. The van der Waals surface area contributed by atoms with Crippen LogP contribution in [0.1, 0.15) is 31.7 Å². The van der Waals surface area contributed by atoms with Crippen molar-refractivity contribution in [3.8, 4) is 5.75 Å². The Balaban J connectivity index is 1.55. The molecule has 1 fully saturated rings. The quantitative estimate of drug-likeness (QED) is 0.432. The van der Waals surface area contributed by atoms with Gasteiger partial charge in [0.05, 0.1) is 6.54 Å². The van der Waals surface area contributed by atoms with E-state index in [4.69, 9.17) is 4.74 Å². The number of hydrogen-bond donors (Lipinski definition) is 2. The standard InChI is InChI=1S/C20H34N4O/c1-4-24-14-10-18(11-15-24)9-12-22-20(21-3)23-13-16-25-19-7-5-17(2)6-8-19/h5-8,18H,4,9-16H2,1-3H3,(H2,21,22,23). The van der Waals surface area contributed by atoms with Crippen molar-refractivity contribution in [1.82, 2.24) is 15.5 Å². The largest absolute Gasteiger partial charge is 0.492 e. The molecule has 5 heteroatoms. The third-order valence-corrected chi connectivity index (χ3v) is 4.91. The van der Waals surface area contributed by atoms with Crippen LogP contribution in [0.25, 0.3) is 0 Å². The van der Waals surface area contributed by atoms with E-state index in [9.17, 15) is 0 Å². The van der Waals surface area contributed by atoms with Crippen LogP contribution in [0.2, 0.25) is 0 Å². The summed E-state index contributed by atoms with van der Waals surface area (Å²) in [6.07, 6.45) is 3.87. The maximum absolute atomic E-state index is 5.73. The maximum atomic E-state index is 5.73. The molecule has 1 heterocycles. The molecule has 0 spiro atoms. The van der Waals surface area contributed by atoms with E-state index in [0.29, 0.717) is 6.61 Å². The summed E-state index contributed by atoms with van der Waals surface area (Å²) in [5, 5.41) is 6.73. The minimum Gasteiger partial charge on any atom is -0.492 e. The first-order chi connectivity index (χ1) is 12.2. The molecule has 0 aliphatic carbocycles. The van der Waals surface area contributed by atoms with E-state index in [-0.39, 0.29) is 0 Å². The second-order valence-corrected chi connectivity index (χ2v) is 6.75. The second kappa shape index (κ2) is 11.0. The van der Waals surface area contributed by atoms with Gasteiger partial charge in [-0.3, -0.25) is 4.99 Å². The van der Waals surface area contributed by atoms with Crippen molar-refractivity contribution in [1.29, 1.82) is 0 Å². The highest BCUT2D eigenvalue weighted by atomic mass is 16.5. The van der Waals surface area contributed by atoms with Crippen molar-refractivity contribution < 1.29 is 4.74 Å². The molecule has 5 nitrogen and oxygen atoms in total. The molecule has 1 aliphatic heterocycles. The molecule has 1 aromatic rings. The van der Waals surface area contributed by atoms with Crippen LogP contribution in [0.15, 0.2) is 29.3 Å². The minimum absolute atomic E-state index is 0.624. The number of guanidine groups is 1. The van der Waals surface area contributed by atoms with Gasteiger partial charge in [-0.1, -0.05) is 24.6 Å². The molecule has 1 aliphatic rings. The van der Waals surface area contributed by atoms with Gasteiger partial charge in [0.25, 0.3) is 0 Å². The number of aliphatic imine (C=N–C) groups is 1. The Morgan fingerprint density at radius 3 is 2.48 bits per heavy atom. The number of benzene rings is 1. The maximum Gasteiger partial charge on any atom is 0.191 e. The zero-order valence-electron chi connectivity index (χ0n) is 16.1. The molecule has 2 N–H and O–H groups in total. The Labute approximate surface area is 152 Å². The number of ether oxygens (including phenoxy) is 1. The normalized spacial score (nSPS) is 16.7. The summed E-state index contributed by atoms with van der Waals surface area (Å²) < 4.78 is 5.73. The van der Waals surface area contributed by atoms with Gasteiger partial charge in [0.15, 0.2) is 5.96 Å². The van der Waals surface area contributed by atoms with Gasteiger partial charge in [-0.25, -0.2) is 0 Å². The lowest BCUT2D eigenvalue weighted by Crippen LogP contribution is -2.40. The van der Waals surface area contributed by atoms with E-state index in [2.05, 4.69) is 46.5 Å². The van der Waals surface area contributed by atoms with Crippen LogP contribution in [0.4, 0.5) is 0 Å². The summed E-state index contributed by atoms with van der Waals surface area (Å²) in [5.74, 6) is 2.62. The van der Waals surface area contributed by atoms with Crippen molar-refractivity contribution in [3.63, 3.8) is 0 Å². The molecule has 0 atom stereocenters. The van der Waals surface area contributed by atoms with Crippen LogP contribution in [0.5, 0.6) is 5.75 Å². The Bertz CT molecular complexity index is 507. The van der Waals surface area contributed by atoms with Crippen molar-refractivity contribution in [2.75, 3.05) is 46.4 Å². The number of hydrogen-bond acceptors (Lipinski definition) is 3. The predicted octanol–water partition coefficient (Wildman–Crippen LogP) is 2.66. The Kier molecular flexibility index (Phi) is 8.60. The Morgan fingerprint density at radius 1 is 1.16 bits per heavy atom. The van der Waals surface area contributed by atoms with Crippen molar-refractivity contribution in [2.45, 2.75) is 33.1 Å². The first-order valence-corrected chi connectivity index (χ1v) is 9.57. The van der Waals surface area contributed by atoms with Gasteiger partial charge in [0, 0.05) is 13.6 Å². The van der Waals surface area contributed by atoms with E-state index in [0.717, 1.165) is 30.7 Å². The van der Waals surface area contributed by atoms with Gasteiger partial charge in [0.1, 0.15) is 12.4 Å². The van der Waals surface area contributed by atoms with E-state index >= 15 is 0 Å². The lowest BCUT2D eigenvalue weighted by Gasteiger charge is -2.31. The molecule has 140 valence electrons. The van der Waals surface area contributed by atoms with E-state index in [1.165, 1.54) is 44.5 Å². The fourth-order valence-electron chi connectivity index (χ4n) is 3.18. The van der Waals surface area contributed by atoms with Crippen LogP contribution in [-0.2, 0) is 0 Å². The fraction of sp³-hybridized carbons (Fsp3) is 0.650. The number of nitrogens with zero attached hydrogens (tertiary/aromatic N) is 2. The number of rotatable bonds is 8. The second-order valence-electron chi connectivity index (χ2n) is 6.75. The highest BCUT2D eigenvalue weighted by molar-refractivity contribution is 5.79. The molecule has 0 amide bonds. The molecular formula is C20H34N4O. The molecule has 25 heavy (non-hydrogen) atoms. The SMILES string of the molecule is CCN1CCC(CCNC(=NC)NCCOc2ccc(C)cc2)CC1. The summed E-state index contributed by atoms with van der Waals surface area (Å²) in [4.78, 5) is 6.82. The number of nitrogens with one attached hydrogen (secondary N) is 2. The predicted molar refractivity (Wildman–Crippen MR) is 105 cm³/mol. The lowest BCUT2D eigenvalue weighted by atomic mass is 9.93. The number of aryl methyl sites for hydroxylation is 1. The van der Waals surface area contributed by atoms with Crippen LogP contribution in [0, 0.1) is 12.8 Å². The van der Waals surface area contributed by atoms with E-state index in [1.807, 2.05) is 19.2 Å². The smallest absolute Gasteiger partial charge is 0.191 e. The van der Waals surface area contributed by atoms with E-state index in [1.54, 1.807) is 0 Å². The summed E-state index contributed by atoms with van der Waals surface area (Å²) in [7, 11) is 1.82. The third-order valence-electron chi connectivity index (χ3n) is 4.91. The molecule has 0 saturated carbocycles. The highest BCUT2D eigenvalue weighted by Crippen LogP contribution is 2.19. The van der Waals surface area contributed by atoms with Gasteiger partial charge in [-0.2, -0.15) is 0 Å². The topological polar surface area (TPSA) is 48.9 Å². The average molecular weight is 347 g/mol. The molecular weight excluding hydrogens is 312 g/mol. The summed E-state index contributed by atoms with van der Waals surface area (Å²) in [6, 6.07) is 8.14. The number of likely N-dealkylation sites (tertiary alicyclic amines) is 1. The van der Waals surface area contributed by atoms with Gasteiger partial charge in [-0.05, 0) is 63.9 Å². The zero-order chi connectivity index (χ0) is 17.9.